The highest BCUT2D eigenvalue weighted by Crippen LogP contribution is 2.65. The fourth-order valence-corrected chi connectivity index (χ4v) is 19.7. The van der Waals surface area contributed by atoms with Crippen molar-refractivity contribution in [3.05, 3.63) is 275 Å². The monoisotopic (exact) mass is 1620 g/mol. The van der Waals surface area contributed by atoms with Crippen molar-refractivity contribution in [2.24, 2.45) is 0 Å². The molecule has 2 unspecified atom stereocenters. The molecule has 2 atom stereocenters. The molecule has 120 heavy (non-hydrogen) atoms. The highest BCUT2D eigenvalue weighted by atomic mass is 16.6. The number of hydrogen-bond donors (Lipinski definition) is 4. The van der Waals surface area contributed by atoms with E-state index in [2.05, 4.69) is 42.5 Å². The summed E-state index contributed by atoms with van der Waals surface area (Å²) >= 11 is 0. The van der Waals surface area contributed by atoms with Crippen LogP contribution in [-0.2, 0) is 81.6 Å². The molecule has 0 fully saturated rings. The molecule has 0 aliphatic carbocycles. The molecule has 0 saturated heterocycles. The van der Waals surface area contributed by atoms with Gasteiger partial charge in [0.25, 0.3) is 6.47 Å². The lowest BCUT2D eigenvalue weighted by molar-refractivity contribution is -0.120. The first-order chi connectivity index (χ1) is 58.7. The SMILES string of the molecule is CC.CC.CC.CC.O=C1OC(=O)c2ccccc21.O=C1OC2(c3cc4c(cc3Oc3c2cc2c5c3CCCN5CCC2)C2(OC(=O)c3ccccc32)c2cc3c5c(c2O4)CCCN5CCC3)c2ccccc21.O=COc1ccccc1C(=O)c1cc2c3c(c1O)CCCN3CCC2.Oc1ccc(O)cc1.Oc1ccc2c3c1CCCN3CCC2. The Morgan fingerprint density at radius 1 is 0.358 bits per heavy atom. The van der Waals surface area contributed by atoms with Gasteiger partial charge in [-0.1, -0.05) is 122 Å². The van der Waals surface area contributed by atoms with Crippen molar-refractivity contribution in [3.63, 3.8) is 0 Å². The molecular weight excluding hydrogens is 1510 g/mol. The summed E-state index contributed by atoms with van der Waals surface area (Å²) in [5.41, 5.74) is 19.2. The van der Waals surface area contributed by atoms with E-state index in [1.807, 2.05) is 128 Å². The second-order valence-corrected chi connectivity index (χ2v) is 30.6. The first-order valence-electron chi connectivity index (χ1n) is 43.1. The van der Waals surface area contributed by atoms with Crippen LogP contribution >= 0.6 is 0 Å². The van der Waals surface area contributed by atoms with Crippen LogP contribution in [0.4, 0.5) is 22.7 Å². The topological polar surface area (TPSA) is 252 Å². The predicted molar refractivity (Wildman–Crippen MR) is 463 cm³/mol. The van der Waals surface area contributed by atoms with E-state index in [1.165, 1.54) is 107 Å². The van der Waals surface area contributed by atoms with Crippen LogP contribution < -0.4 is 33.8 Å². The summed E-state index contributed by atoms with van der Waals surface area (Å²) in [5.74, 6) is 1.66. The van der Waals surface area contributed by atoms with Gasteiger partial charge in [-0.25, -0.2) is 19.2 Å². The van der Waals surface area contributed by atoms with Gasteiger partial charge in [0, 0.05) is 120 Å². The van der Waals surface area contributed by atoms with Crippen LogP contribution in [0.1, 0.15) is 242 Å². The number of benzene rings is 10. The van der Waals surface area contributed by atoms with Crippen LogP contribution in [0.3, 0.4) is 0 Å². The van der Waals surface area contributed by atoms with Gasteiger partial charge in [0.1, 0.15) is 51.7 Å². The molecule has 20 nitrogen and oxygen atoms in total. The predicted octanol–water partition coefficient (Wildman–Crippen LogP) is 19.4. The summed E-state index contributed by atoms with van der Waals surface area (Å²) in [7, 11) is 0. The van der Waals surface area contributed by atoms with E-state index in [4.69, 9.17) is 33.9 Å². The zero-order chi connectivity index (χ0) is 84.3. The standard InChI is InChI=1S/C46H36N2O6.C20H19NO4.C12H15NO.C8H4O3.C6H6O2.4C2H6/c49-43-27-11-1-3-15-31(27)45(53-43)33-23-38-34(24-37(33)51-41-29-13-7-19-47-17-5-9-25(39(29)47)21-35(41)45)46(32-16-4-2-12-28(32)44(50)54-46)36-22-26-10-6-18-48-20-8-14-30(40(26)48)42(36)52-38;22-12-25-17-8-2-1-6-14(17)19(23)16-11-13-5-3-9-21-10-4-7-15(18(13)21)20(16)24;14-11-6-5-9-3-1-7-13-8-2-4-10(11)12(9)13;9-7-5-3-1-2-4-6(5)8(10)11-7;7-5-1-2-6(8)4-3-5;4*1-2/h1-4,11-12,15-16,21-24H,5-10,13-14,17-20H2;1-2,6,8,11-12,24H,3-5,7,9-10H2;5-6,14H,1-4,7-8H2;1-4H;1-4,7-8H;4*1-2H3. The minimum absolute atomic E-state index is 0.0660. The Kier molecular flexibility index (Phi) is 24.2. The Morgan fingerprint density at radius 3 is 1.18 bits per heavy atom. The fourth-order valence-electron chi connectivity index (χ4n) is 19.7. The highest BCUT2D eigenvalue weighted by Gasteiger charge is 2.59. The Bertz CT molecular complexity index is 5420. The molecule has 4 N–H and O–H groups in total. The van der Waals surface area contributed by atoms with Crippen molar-refractivity contribution in [1.82, 2.24) is 0 Å². The number of cyclic esters (lactones) is 2. The smallest absolute Gasteiger partial charge is 0.346 e. The van der Waals surface area contributed by atoms with Crippen molar-refractivity contribution in [2.75, 3.05) is 72.0 Å². The summed E-state index contributed by atoms with van der Waals surface area (Å²) in [6.07, 6.45) is 16.3. The molecule has 20 heteroatoms. The number of rotatable bonds is 4. The third-order valence-corrected chi connectivity index (χ3v) is 24.3. The van der Waals surface area contributed by atoms with Crippen LogP contribution in [-0.4, -0.2) is 109 Å². The average Bonchev–Trinajstić information content (AvgIpc) is 1.41. The molecule has 10 aromatic carbocycles. The molecule has 620 valence electrons. The van der Waals surface area contributed by atoms with Crippen molar-refractivity contribution in [2.45, 2.75) is 169 Å². The molecule has 13 aliphatic heterocycles. The van der Waals surface area contributed by atoms with E-state index in [1.54, 1.807) is 48.5 Å². The number of esters is 4. The largest absolute Gasteiger partial charge is 0.508 e. The number of aromatic hydroxyl groups is 4. The van der Waals surface area contributed by atoms with Gasteiger partial charge >= 0.3 is 23.9 Å². The van der Waals surface area contributed by atoms with Gasteiger partial charge in [0.2, 0.25) is 5.78 Å². The van der Waals surface area contributed by atoms with Crippen molar-refractivity contribution < 1.29 is 77.6 Å². The molecule has 0 saturated carbocycles. The number of para-hydroxylation sites is 1. The maximum atomic E-state index is 14.0. The van der Waals surface area contributed by atoms with Gasteiger partial charge in [0.05, 0.1) is 44.5 Å². The molecule has 0 radical (unpaired) electrons. The Labute approximate surface area is 700 Å². The molecule has 23 rings (SSSR count). The minimum atomic E-state index is -1.25. The van der Waals surface area contributed by atoms with E-state index in [9.17, 15) is 39.0 Å². The number of fused-ring (bicyclic) bond motifs is 15. The summed E-state index contributed by atoms with van der Waals surface area (Å²) in [4.78, 5) is 83.2. The van der Waals surface area contributed by atoms with Gasteiger partial charge in [-0.2, -0.15) is 0 Å². The molecule has 10 aromatic rings. The molecule has 0 amide bonds. The lowest BCUT2D eigenvalue weighted by Crippen LogP contribution is -2.39. The molecule has 13 aliphatic rings. The van der Waals surface area contributed by atoms with Crippen molar-refractivity contribution in [1.29, 1.82) is 0 Å². The number of nitrogens with zero attached hydrogens (tertiary/aromatic N) is 4. The van der Waals surface area contributed by atoms with E-state index in [0.717, 1.165) is 173 Å². The number of aryl methyl sites for hydroxylation is 4. The van der Waals surface area contributed by atoms with Crippen LogP contribution in [0.5, 0.6) is 51.7 Å². The number of ketones is 1. The third-order valence-electron chi connectivity index (χ3n) is 24.3. The highest BCUT2D eigenvalue weighted by molar-refractivity contribution is 6.15. The molecule has 0 bridgehead atoms. The zero-order valence-corrected chi connectivity index (χ0v) is 69.6. The number of carbonyl (C=O) groups excluding carboxylic acids is 6. The lowest BCUT2D eigenvalue weighted by atomic mass is 9.71. The van der Waals surface area contributed by atoms with Crippen LogP contribution in [0.2, 0.25) is 0 Å². The van der Waals surface area contributed by atoms with Crippen molar-refractivity contribution in [3.8, 4) is 51.7 Å². The summed E-state index contributed by atoms with van der Waals surface area (Å²) in [6, 6.07) is 48.7. The van der Waals surface area contributed by atoms with E-state index in [-0.39, 0.29) is 46.3 Å². The maximum Gasteiger partial charge on any atom is 0.346 e. The van der Waals surface area contributed by atoms with Crippen LogP contribution in [0, 0.1) is 0 Å². The molecule has 0 aromatic heterocycles. The molecule has 13 heterocycles. The number of carbonyl (C=O) groups is 6. The normalized spacial score (nSPS) is 18.5. The quantitative estimate of drug-likeness (QED) is 0.0319. The summed E-state index contributed by atoms with van der Waals surface area (Å²) in [6.45, 7) is 24.8. The van der Waals surface area contributed by atoms with Gasteiger partial charge in [-0.15, -0.1) is 0 Å². The number of phenols is 4. The lowest BCUT2D eigenvalue weighted by Gasteiger charge is -2.45. The Morgan fingerprint density at radius 2 is 0.725 bits per heavy atom. The second-order valence-electron chi connectivity index (χ2n) is 30.6. The third kappa shape index (κ3) is 14.3. The zero-order valence-electron chi connectivity index (χ0n) is 69.6. The fraction of sp³-hybridized carbons (Fsp3) is 0.340. The van der Waals surface area contributed by atoms with Crippen LogP contribution in [0.15, 0.2) is 164 Å². The summed E-state index contributed by atoms with van der Waals surface area (Å²) < 4.78 is 37.2. The maximum absolute atomic E-state index is 14.0. The number of phenolic OH excluding ortho intramolecular Hbond substituents is 4. The second kappa shape index (κ2) is 35.2. The summed E-state index contributed by atoms with van der Waals surface area (Å²) in [5, 5.41) is 37.9. The number of anilines is 4. The number of hydrogen-bond acceptors (Lipinski definition) is 20. The number of ether oxygens (including phenoxy) is 6. The Hall–Kier alpha value is -12.6. The van der Waals surface area contributed by atoms with E-state index in [0.29, 0.717) is 62.7 Å². The van der Waals surface area contributed by atoms with Gasteiger partial charge in [-0.05, 0) is 222 Å². The molecule has 2 spiro atoms. The average molecular weight is 1620 g/mol. The van der Waals surface area contributed by atoms with Crippen molar-refractivity contribution >= 4 is 58.9 Å². The first-order valence-corrected chi connectivity index (χ1v) is 43.1. The van der Waals surface area contributed by atoms with E-state index < -0.39 is 23.1 Å². The first kappa shape index (κ1) is 82.5. The molecular formula is C100H104N4O16. The van der Waals surface area contributed by atoms with Gasteiger partial charge in [0.15, 0.2) is 11.2 Å². The van der Waals surface area contributed by atoms with E-state index >= 15 is 0 Å². The Balaban J connectivity index is 0.000000139. The van der Waals surface area contributed by atoms with Gasteiger partial charge < -0.3 is 68.4 Å². The van der Waals surface area contributed by atoms with Gasteiger partial charge in [-0.3, -0.25) is 9.59 Å². The van der Waals surface area contributed by atoms with Crippen LogP contribution in [0.25, 0.3) is 0 Å². The minimum Gasteiger partial charge on any atom is -0.508 e.